The van der Waals surface area contributed by atoms with Gasteiger partial charge in [-0.2, -0.15) is 0 Å². The van der Waals surface area contributed by atoms with Crippen LogP contribution in [0.15, 0.2) is 48.5 Å². The Labute approximate surface area is 123 Å². The van der Waals surface area contributed by atoms with E-state index in [2.05, 4.69) is 17.9 Å². The molecule has 2 aromatic carbocycles. The molecular weight excluding hydrogens is 262 g/mol. The van der Waals surface area contributed by atoms with E-state index in [1.807, 2.05) is 35.2 Å². The van der Waals surface area contributed by atoms with Gasteiger partial charge in [-0.05, 0) is 36.2 Å². The van der Waals surface area contributed by atoms with Gasteiger partial charge in [0.15, 0.2) is 0 Å². The summed E-state index contributed by atoms with van der Waals surface area (Å²) in [5.74, 6) is 5.42. The van der Waals surface area contributed by atoms with E-state index in [-0.39, 0.29) is 12.5 Å². The maximum Gasteiger partial charge on any atom is 0.258 e. The molecule has 0 bridgehead atoms. The Morgan fingerprint density at radius 2 is 2.05 bits per heavy atom. The van der Waals surface area contributed by atoms with Crippen molar-refractivity contribution in [2.45, 2.75) is 6.42 Å². The van der Waals surface area contributed by atoms with E-state index < -0.39 is 0 Å². The van der Waals surface area contributed by atoms with Gasteiger partial charge in [-0.1, -0.05) is 36.1 Å². The van der Waals surface area contributed by atoms with Crippen molar-refractivity contribution in [1.82, 2.24) is 0 Å². The van der Waals surface area contributed by atoms with Crippen LogP contribution >= 0.6 is 0 Å². The van der Waals surface area contributed by atoms with Gasteiger partial charge in [0.25, 0.3) is 5.91 Å². The number of carbonyl (C=O) groups is 1. The van der Waals surface area contributed by atoms with Crippen molar-refractivity contribution in [3.63, 3.8) is 0 Å². The highest BCUT2D eigenvalue weighted by Gasteiger charge is 2.24. The van der Waals surface area contributed by atoms with Gasteiger partial charge in [-0.3, -0.25) is 4.79 Å². The topological polar surface area (TPSA) is 40.5 Å². The first-order valence-corrected chi connectivity index (χ1v) is 6.89. The van der Waals surface area contributed by atoms with Crippen LogP contribution in [0.2, 0.25) is 0 Å². The average molecular weight is 277 g/mol. The minimum atomic E-state index is -0.183. The summed E-state index contributed by atoms with van der Waals surface area (Å²) in [4.78, 5) is 14.5. The van der Waals surface area contributed by atoms with Crippen molar-refractivity contribution in [3.05, 3.63) is 65.2 Å². The molecule has 1 amide bonds. The molecule has 2 aromatic rings. The number of amides is 1. The van der Waals surface area contributed by atoms with Crippen molar-refractivity contribution >= 4 is 11.6 Å². The molecule has 0 saturated carbocycles. The van der Waals surface area contributed by atoms with Gasteiger partial charge >= 0.3 is 0 Å². The van der Waals surface area contributed by atoms with E-state index in [1.54, 1.807) is 12.1 Å². The first kappa shape index (κ1) is 13.4. The van der Waals surface area contributed by atoms with E-state index in [9.17, 15) is 4.79 Å². The van der Waals surface area contributed by atoms with E-state index in [0.29, 0.717) is 12.1 Å². The lowest BCUT2D eigenvalue weighted by Gasteiger charge is -2.17. The second-order valence-corrected chi connectivity index (χ2v) is 4.88. The number of rotatable bonds is 1. The fourth-order valence-electron chi connectivity index (χ4n) is 2.58. The van der Waals surface area contributed by atoms with Crippen LogP contribution in [0.3, 0.4) is 0 Å². The standard InChI is InChI=1S/C18H15NO2/c20-12-4-6-14-5-3-8-16(13-14)18(21)19-11-10-15-7-1-2-9-17(15)19/h1-3,5,7-9,13,20H,10-12H2. The zero-order valence-corrected chi connectivity index (χ0v) is 11.5. The van der Waals surface area contributed by atoms with E-state index >= 15 is 0 Å². The van der Waals surface area contributed by atoms with Crippen LogP contribution < -0.4 is 4.90 Å². The number of hydrogen-bond donors (Lipinski definition) is 1. The maximum absolute atomic E-state index is 12.7. The average Bonchev–Trinajstić information content (AvgIpc) is 2.96. The van der Waals surface area contributed by atoms with E-state index in [1.165, 1.54) is 5.56 Å². The van der Waals surface area contributed by atoms with Crippen LogP contribution in [0, 0.1) is 11.8 Å². The third-order valence-electron chi connectivity index (χ3n) is 3.55. The van der Waals surface area contributed by atoms with Crippen LogP contribution in [0.1, 0.15) is 21.5 Å². The van der Waals surface area contributed by atoms with Crippen LogP contribution in [0.25, 0.3) is 0 Å². The van der Waals surface area contributed by atoms with Crippen molar-refractivity contribution in [2.75, 3.05) is 18.1 Å². The number of anilines is 1. The summed E-state index contributed by atoms with van der Waals surface area (Å²) in [5.41, 5.74) is 3.57. The highest BCUT2D eigenvalue weighted by atomic mass is 16.2. The molecule has 1 heterocycles. The molecule has 1 N–H and O–H groups in total. The van der Waals surface area contributed by atoms with Gasteiger partial charge in [0.1, 0.15) is 6.61 Å². The summed E-state index contributed by atoms with van der Waals surface area (Å²) >= 11 is 0. The van der Waals surface area contributed by atoms with E-state index in [0.717, 1.165) is 17.7 Å². The molecule has 1 aliphatic rings. The Morgan fingerprint density at radius 3 is 2.90 bits per heavy atom. The zero-order valence-electron chi connectivity index (χ0n) is 11.5. The molecule has 3 nitrogen and oxygen atoms in total. The molecule has 21 heavy (non-hydrogen) atoms. The molecular formula is C18H15NO2. The molecule has 3 heteroatoms. The molecule has 104 valence electrons. The SMILES string of the molecule is O=C(c1cccc(C#CCO)c1)N1CCc2ccccc21. The lowest BCUT2D eigenvalue weighted by Crippen LogP contribution is -2.28. The number of benzene rings is 2. The van der Waals surface area contributed by atoms with Crippen LogP contribution in [-0.4, -0.2) is 24.2 Å². The second kappa shape index (κ2) is 5.82. The van der Waals surface area contributed by atoms with Crippen molar-refractivity contribution in [3.8, 4) is 11.8 Å². The molecule has 0 atom stereocenters. The third kappa shape index (κ3) is 2.67. The quantitative estimate of drug-likeness (QED) is 0.812. The summed E-state index contributed by atoms with van der Waals surface area (Å²) in [6, 6.07) is 15.2. The smallest absolute Gasteiger partial charge is 0.258 e. The number of hydrogen-bond acceptors (Lipinski definition) is 2. The monoisotopic (exact) mass is 277 g/mol. The summed E-state index contributed by atoms with van der Waals surface area (Å²) in [6.07, 6.45) is 0.895. The zero-order chi connectivity index (χ0) is 14.7. The minimum absolute atomic E-state index is 0.00685. The highest BCUT2D eigenvalue weighted by Crippen LogP contribution is 2.28. The van der Waals surface area contributed by atoms with Gasteiger partial charge in [0.05, 0.1) is 0 Å². The van der Waals surface area contributed by atoms with Gasteiger partial charge in [0, 0.05) is 23.4 Å². The largest absolute Gasteiger partial charge is 0.384 e. The first-order chi connectivity index (χ1) is 10.3. The Bertz CT molecular complexity index is 740. The lowest BCUT2D eigenvalue weighted by atomic mass is 10.1. The van der Waals surface area contributed by atoms with Crippen LogP contribution in [-0.2, 0) is 6.42 Å². The third-order valence-corrected chi connectivity index (χ3v) is 3.55. The maximum atomic E-state index is 12.7. The van der Waals surface area contributed by atoms with E-state index in [4.69, 9.17) is 5.11 Å². The number of aliphatic hydroxyl groups is 1. The summed E-state index contributed by atoms with van der Waals surface area (Å²) < 4.78 is 0. The number of para-hydroxylation sites is 1. The molecule has 0 aromatic heterocycles. The molecule has 0 spiro atoms. The van der Waals surface area contributed by atoms with Crippen molar-refractivity contribution in [1.29, 1.82) is 0 Å². The minimum Gasteiger partial charge on any atom is -0.384 e. The van der Waals surface area contributed by atoms with Gasteiger partial charge in [0.2, 0.25) is 0 Å². The van der Waals surface area contributed by atoms with Gasteiger partial charge < -0.3 is 10.0 Å². The Kier molecular flexibility index (Phi) is 3.72. The second-order valence-electron chi connectivity index (χ2n) is 4.88. The Morgan fingerprint density at radius 1 is 1.19 bits per heavy atom. The molecule has 1 aliphatic heterocycles. The predicted octanol–water partition coefficient (Wildman–Crippen LogP) is 2.23. The van der Waals surface area contributed by atoms with Gasteiger partial charge in [-0.15, -0.1) is 0 Å². The molecule has 0 radical (unpaired) electrons. The summed E-state index contributed by atoms with van der Waals surface area (Å²) in [5, 5.41) is 8.74. The number of carbonyl (C=O) groups excluding carboxylic acids is 1. The van der Waals surface area contributed by atoms with Crippen molar-refractivity contribution in [2.24, 2.45) is 0 Å². The Balaban J connectivity index is 1.90. The normalized spacial score (nSPS) is 12.5. The summed E-state index contributed by atoms with van der Waals surface area (Å²) in [6.45, 7) is 0.530. The van der Waals surface area contributed by atoms with Crippen LogP contribution in [0.4, 0.5) is 5.69 Å². The number of nitrogens with zero attached hydrogens (tertiary/aromatic N) is 1. The van der Waals surface area contributed by atoms with Gasteiger partial charge in [-0.25, -0.2) is 0 Å². The number of fused-ring (bicyclic) bond motifs is 1. The fraction of sp³-hybridized carbons (Fsp3) is 0.167. The molecule has 0 fully saturated rings. The molecule has 3 rings (SSSR count). The highest BCUT2D eigenvalue weighted by molar-refractivity contribution is 6.07. The molecule has 0 saturated heterocycles. The molecule has 0 aliphatic carbocycles. The van der Waals surface area contributed by atoms with Crippen molar-refractivity contribution < 1.29 is 9.90 Å². The Hall–Kier alpha value is -2.57. The summed E-state index contributed by atoms with van der Waals surface area (Å²) in [7, 11) is 0. The lowest BCUT2D eigenvalue weighted by molar-refractivity contribution is 0.0989. The molecule has 0 unspecified atom stereocenters. The first-order valence-electron chi connectivity index (χ1n) is 6.89. The van der Waals surface area contributed by atoms with Crippen LogP contribution in [0.5, 0.6) is 0 Å². The fourth-order valence-corrected chi connectivity index (χ4v) is 2.58. The predicted molar refractivity (Wildman–Crippen MR) is 82.2 cm³/mol. The number of aliphatic hydroxyl groups excluding tert-OH is 1.